The highest BCUT2D eigenvalue weighted by Gasteiger charge is 2.32. The van der Waals surface area contributed by atoms with Crippen LogP contribution in [0.2, 0.25) is 0 Å². The summed E-state index contributed by atoms with van der Waals surface area (Å²) in [5.74, 6) is 1.39. The van der Waals surface area contributed by atoms with Crippen LogP contribution in [0, 0.1) is 6.92 Å². The molecule has 0 spiro atoms. The van der Waals surface area contributed by atoms with Crippen molar-refractivity contribution in [2.75, 3.05) is 20.1 Å². The number of rotatable bonds is 7. The van der Waals surface area contributed by atoms with Gasteiger partial charge in [-0.15, -0.1) is 0 Å². The van der Waals surface area contributed by atoms with Crippen molar-refractivity contribution in [1.29, 1.82) is 0 Å². The van der Waals surface area contributed by atoms with E-state index in [1.807, 2.05) is 37.3 Å². The van der Waals surface area contributed by atoms with E-state index < -0.39 is 6.04 Å². The zero-order valence-corrected chi connectivity index (χ0v) is 18.6. The van der Waals surface area contributed by atoms with E-state index in [-0.39, 0.29) is 18.2 Å². The maximum Gasteiger partial charge on any atom is 0.237 e. The van der Waals surface area contributed by atoms with Gasteiger partial charge in [0.05, 0.1) is 19.0 Å². The number of benzene rings is 2. The number of nitrogens with one attached hydrogen (secondary N) is 1. The van der Waals surface area contributed by atoms with Crippen molar-refractivity contribution in [2.45, 2.75) is 32.5 Å². The fraction of sp³-hybridized carbons (Fsp3) is 0.308. The van der Waals surface area contributed by atoms with Gasteiger partial charge in [0.2, 0.25) is 11.8 Å². The number of hydrogen-bond acceptors (Lipinski definition) is 4. The molecule has 0 aliphatic carbocycles. The molecule has 4 rings (SSSR count). The molecule has 1 unspecified atom stereocenters. The minimum Gasteiger partial charge on any atom is -0.464 e. The summed E-state index contributed by atoms with van der Waals surface area (Å²) < 4.78 is 5.57. The van der Waals surface area contributed by atoms with Gasteiger partial charge in [0.1, 0.15) is 11.5 Å². The van der Waals surface area contributed by atoms with Crippen LogP contribution in [0.3, 0.4) is 0 Å². The molecule has 1 saturated heterocycles. The van der Waals surface area contributed by atoms with Crippen LogP contribution in [0.1, 0.15) is 23.5 Å². The van der Waals surface area contributed by atoms with Gasteiger partial charge in [-0.2, -0.15) is 0 Å². The summed E-state index contributed by atoms with van der Waals surface area (Å²) in [5, 5.41) is 2.91. The summed E-state index contributed by atoms with van der Waals surface area (Å²) in [6.45, 7) is 4.20. The SMILES string of the molecule is Cc1ccc(CN(C)C(=O)CC2C(=O)NCCN2Cc2ccc(-c3ccccc3)cc2)o1. The van der Waals surface area contributed by atoms with Crippen LogP contribution in [0.5, 0.6) is 0 Å². The number of furan rings is 1. The molecule has 2 amide bonds. The second kappa shape index (κ2) is 9.83. The molecule has 3 aromatic rings. The summed E-state index contributed by atoms with van der Waals surface area (Å²) in [6.07, 6.45) is 0.143. The van der Waals surface area contributed by atoms with E-state index in [4.69, 9.17) is 4.42 Å². The largest absolute Gasteiger partial charge is 0.464 e. The molecule has 1 aromatic heterocycles. The molecular formula is C26H29N3O3. The van der Waals surface area contributed by atoms with Crippen LogP contribution in [0.15, 0.2) is 71.1 Å². The first kappa shape index (κ1) is 21.8. The molecule has 6 heteroatoms. The van der Waals surface area contributed by atoms with Crippen molar-refractivity contribution in [3.05, 3.63) is 83.8 Å². The van der Waals surface area contributed by atoms with Crippen LogP contribution in [0.4, 0.5) is 0 Å². The Morgan fingerprint density at radius 3 is 2.47 bits per heavy atom. The molecule has 0 saturated carbocycles. The fourth-order valence-electron chi connectivity index (χ4n) is 4.05. The van der Waals surface area contributed by atoms with E-state index in [2.05, 4.69) is 46.6 Å². The molecule has 166 valence electrons. The average Bonchev–Trinajstić information content (AvgIpc) is 3.21. The number of hydrogen-bond donors (Lipinski definition) is 1. The molecule has 1 N–H and O–H groups in total. The van der Waals surface area contributed by atoms with E-state index in [0.29, 0.717) is 26.2 Å². The number of carbonyl (C=O) groups is 2. The fourth-order valence-corrected chi connectivity index (χ4v) is 4.05. The second-order valence-electron chi connectivity index (χ2n) is 8.31. The van der Waals surface area contributed by atoms with Gasteiger partial charge in [-0.05, 0) is 35.7 Å². The number of carbonyl (C=O) groups excluding carboxylic acids is 2. The molecule has 1 atom stereocenters. The third-order valence-electron chi connectivity index (χ3n) is 5.87. The highest BCUT2D eigenvalue weighted by molar-refractivity contribution is 5.88. The minimum atomic E-state index is -0.481. The zero-order chi connectivity index (χ0) is 22.5. The Morgan fingerprint density at radius 1 is 1.06 bits per heavy atom. The highest BCUT2D eigenvalue weighted by Crippen LogP contribution is 2.21. The predicted molar refractivity (Wildman–Crippen MR) is 124 cm³/mol. The van der Waals surface area contributed by atoms with Gasteiger partial charge < -0.3 is 14.6 Å². The molecule has 0 radical (unpaired) electrons. The van der Waals surface area contributed by atoms with Gasteiger partial charge in [0.15, 0.2) is 0 Å². The second-order valence-corrected chi connectivity index (χ2v) is 8.31. The van der Waals surface area contributed by atoms with E-state index >= 15 is 0 Å². The quantitative estimate of drug-likeness (QED) is 0.621. The number of nitrogens with zero attached hydrogens (tertiary/aromatic N) is 2. The van der Waals surface area contributed by atoms with Gasteiger partial charge >= 0.3 is 0 Å². The Hall–Kier alpha value is -3.38. The normalized spacial score (nSPS) is 16.6. The van der Waals surface area contributed by atoms with Crippen molar-refractivity contribution >= 4 is 11.8 Å². The van der Waals surface area contributed by atoms with Crippen molar-refractivity contribution in [2.24, 2.45) is 0 Å². The predicted octanol–water partition coefficient (Wildman–Crippen LogP) is 3.60. The third kappa shape index (κ3) is 5.26. The molecular weight excluding hydrogens is 402 g/mol. The Kier molecular flexibility index (Phi) is 6.71. The number of amides is 2. The Morgan fingerprint density at radius 2 is 1.78 bits per heavy atom. The van der Waals surface area contributed by atoms with Crippen molar-refractivity contribution in [3.8, 4) is 11.1 Å². The standard InChI is InChI=1S/C26H29N3O3/c1-19-8-13-23(32-19)18-28(2)25(30)16-24-26(31)27-14-15-29(24)17-20-9-11-22(12-10-20)21-6-4-3-5-7-21/h3-13,24H,14-18H2,1-2H3,(H,27,31). The summed E-state index contributed by atoms with van der Waals surface area (Å²) in [7, 11) is 1.74. The van der Waals surface area contributed by atoms with Gasteiger partial charge in [-0.3, -0.25) is 14.5 Å². The molecule has 2 heterocycles. The van der Waals surface area contributed by atoms with E-state index in [1.165, 1.54) is 5.56 Å². The molecule has 6 nitrogen and oxygen atoms in total. The molecule has 32 heavy (non-hydrogen) atoms. The lowest BCUT2D eigenvalue weighted by atomic mass is 10.0. The van der Waals surface area contributed by atoms with Crippen LogP contribution in [-0.2, 0) is 22.7 Å². The molecule has 1 aliphatic heterocycles. The van der Waals surface area contributed by atoms with Crippen LogP contribution in [-0.4, -0.2) is 47.8 Å². The third-order valence-corrected chi connectivity index (χ3v) is 5.87. The molecule has 1 aliphatic rings. The summed E-state index contributed by atoms with van der Waals surface area (Å²) >= 11 is 0. The Balaban J connectivity index is 1.41. The van der Waals surface area contributed by atoms with Gasteiger partial charge in [-0.25, -0.2) is 0 Å². The molecule has 0 bridgehead atoms. The first-order valence-corrected chi connectivity index (χ1v) is 10.9. The highest BCUT2D eigenvalue weighted by atomic mass is 16.3. The number of aryl methyl sites for hydroxylation is 1. The lowest BCUT2D eigenvalue weighted by molar-refractivity contribution is -0.138. The molecule has 1 fully saturated rings. The van der Waals surface area contributed by atoms with Crippen LogP contribution in [0.25, 0.3) is 11.1 Å². The number of piperazine rings is 1. The van der Waals surface area contributed by atoms with E-state index in [0.717, 1.165) is 22.6 Å². The van der Waals surface area contributed by atoms with Gasteiger partial charge in [-0.1, -0.05) is 54.6 Å². The lowest BCUT2D eigenvalue weighted by Crippen LogP contribution is -2.56. The minimum absolute atomic E-state index is 0.0782. The van der Waals surface area contributed by atoms with Crippen molar-refractivity contribution < 1.29 is 14.0 Å². The van der Waals surface area contributed by atoms with Crippen molar-refractivity contribution in [1.82, 2.24) is 15.1 Å². The van der Waals surface area contributed by atoms with E-state index in [1.54, 1.807) is 11.9 Å². The maximum absolute atomic E-state index is 12.8. The average molecular weight is 432 g/mol. The van der Waals surface area contributed by atoms with Gasteiger partial charge in [0.25, 0.3) is 0 Å². The van der Waals surface area contributed by atoms with Crippen molar-refractivity contribution in [3.63, 3.8) is 0 Å². The maximum atomic E-state index is 12.8. The first-order valence-electron chi connectivity index (χ1n) is 10.9. The van der Waals surface area contributed by atoms with Crippen LogP contribution < -0.4 is 5.32 Å². The summed E-state index contributed by atoms with van der Waals surface area (Å²) in [5.41, 5.74) is 3.46. The Labute approximate surface area is 188 Å². The Bertz CT molecular complexity index is 1060. The van der Waals surface area contributed by atoms with Gasteiger partial charge in [0, 0.05) is 26.7 Å². The van der Waals surface area contributed by atoms with Crippen LogP contribution >= 0.6 is 0 Å². The van der Waals surface area contributed by atoms with E-state index in [9.17, 15) is 9.59 Å². The summed E-state index contributed by atoms with van der Waals surface area (Å²) in [4.78, 5) is 29.2. The lowest BCUT2D eigenvalue weighted by Gasteiger charge is -2.35. The zero-order valence-electron chi connectivity index (χ0n) is 18.6. The molecule has 2 aromatic carbocycles. The topological polar surface area (TPSA) is 65.8 Å². The smallest absolute Gasteiger partial charge is 0.237 e. The monoisotopic (exact) mass is 431 g/mol. The first-order chi connectivity index (χ1) is 15.5. The summed E-state index contributed by atoms with van der Waals surface area (Å²) in [6, 6.07) is 21.9.